The number of sulfonamides is 1. The molecule has 3 N–H and O–H groups in total. The Labute approximate surface area is 179 Å². The van der Waals surface area contributed by atoms with Gasteiger partial charge in [-0.25, -0.2) is 12.8 Å². The second-order valence-electron chi connectivity index (χ2n) is 7.32. The van der Waals surface area contributed by atoms with Crippen molar-refractivity contribution < 1.29 is 22.7 Å². The number of H-pyrrole nitrogens is 2. The third kappa shape index (κ3) is 5.69. The molecule has 0 unspecified atom stereocenters. The zero-order valence-electron chi connectivity index (χ0n) is 17.9. The van der Waals surface area contributed by atoms with Crippen LogP contribution in [0.2, 0.25) is 0 Å². The first-order chi connectivity index (χ1) is 14.5. The molecule has 0 spiro atoms. The maximum absolute atomic E-state index is 14.5. The Kier molecular flexibility index (Phi) is 7.93. The van der Waals surface area contributed by atoms with Gasteiger partial charge in [0.25, 0.3) is 5.56 Å². The van der Waals surface area contributed by atoms with Crippen LogP contribution in [0.25, 0.3) is 21.8 Å². The van der Waals surface area contributed by atoms with E-state index in [9.17, 15) is 22.4 Å². The van der Waals surface area contributed by atoms with Crippen LogP contribution >= 0.6 is 0 Å². The van der Waals surface area contributed by atoms with Gasteiger partial charge in [0.1, 0.15) is 16.2 Å². The fraction of sp³-hybridized carbons (Fsp3) is 0.400. The molecule has 3 rings (SSSR count). The molecule has 2 heterocycles. The Bertz CT molecular complexity index is 1230. The number of fused-ring (bicyclic) bond motifs is 3. The first-order valence-corrected chi connectivity index (χ1v) is 11.1. The quantitative estimate of drug-likeness (QED) is 0.502. The second-order valence-corrected chi connectivity index (χ2v) is 9.34. The summed E-state index contributed by atoms with van der Waals surface area (Å²) in [6, 6.07) is 3.99. The van der Waals surface area contributed by atoms with Crippen LogP contribution in [0.5, 0.6) is 0 Å². The van der Waals surface area contributed by atoms with E-state index in [1.165, 1.54) is 13.1 Å². The van der Waals surface area contributed by atoms with E-state index in [1.807, 2.05) is 25.9 Å². The van der Waals surface area contributed by atoms with Crippen molar-refractivity contribution in [3.63, 3.8) is 0 Å². The molecule has 0 aliphatic rings. The average molecular weight is 455 g/mol. The maximum Gasteiger partial charge on any atom is 0.303 e. The molecular weight excluding hydrogens is 427 g/mol. The van der Waals surface area contributed by atoms with Crippen LogP contribution in [0.3, 0.4) is 0 Å². The predicted molar refractivity (Wildman–Crippen MR) is 117 cm³/mol. The minimum Gasteiger partial charge on any atom is -0.481 e. The molecule has 1 aromatic carbocycles. The maximum atomic E-state index is 14.5. The summed E-state index contributed by atoms with van der Waals surface area (Å²) < 4.78 is 41.1. The Morgan fingerprint density at radius 3 is 2.39 bits per heavy atom. The fourth-order valence-electron chi connectivity index (χ4n) is 2.89. The normalized spacial score (nSPS) is 11.8. The van der Waals surface area contributed by atoms with Crippen LogP contribution in [-0.4, -0.2) is 72.9 Å². The Morgan fingerprint density at radius 1 is 1.16 bits per heavy atom. The van der Waals surface area contributed by atoms with Gasteiger partial charge in [0.2, 0.25) is 10.0 Å². The fourth-order valence-corrected chi connectivity index (χ4v) is 4.12. The topological polar surface area (TPSA) is 127 Å². The summed E-state index contributed by atoms with van der Waals surface area (Å²) in [6.07, 6.45) is 2.61. The summed E-state index contributed by atoms with van der Waals surface area (Å²) in [4.78, 5) is 28.4. The van der Waals surface area contributed by atoms with E-state index in [-0.39, 0.29) is 17.6 Å². The minimum absolute atomic E-state index is 0.234. The number of halogens is 1. The Morgan fingerprint density at radius 2 is 1.84 bits per heavy atom. The largest absolute Gasteiger partial charge is 0.481 e. The minimum atomic E-state index is -3.99. The number of rotatable bonds is 7. The zero-order valence-corrected chi connectivity index (χ0v) is 18.7. The van der Waals surface area contributed by atoms with Gasteiger partial charge in [-0.2, -0.15) is 4.31 Å². The van der Waals surface area contributed by atoms with Crippen molar-refractivity contribution in [2.24, 2.45) is 0 Å². The number of benzene rings is 1. The number of hydrogen-bond donors (Lipinski definition) is 3. The van der Waals surface area contributed by atoms with E-state index < -0.39 is 26.7 Å². The molecule has 0 bridgehead atoms. The van der Waals surface area contributed by atoms with Gasteiger partial charge in [-0.05, 0) is 38.7 Å². The summed E-state index contributed by atoms with van der Waals surface area (Å²) >= 11 is 0. The Balaban J connectivity index is 0.000000501. The molecule has 0 aliphatic carbocycles. The van der Waals surface area contributed by atoms with Crippen LogP contribution in [0.15, 0.2) is 34.1 Å². The van der Waals surface area contributed by atoms with E-state index in [4.69, 9.17) is 5.11 Å². The van der Waals surface area contributed by atoms with Gasteiger partial charge in [-0.1, -0.05) is 6.92 Å². The predicted octanol–water partition coefficient (Wildman–Crippen LogP) is 2.20. The van der Waals surface area contributed by atoms with Crippen LogP contribution in [0.1, 0.15) is 19.8 Å². The lowest BCUT2D eigenvalue weighted by molar-refractivity contribution is -0.137. The summed E-state index contributed by atoms with van der Waals surface area (Å²) in [7, 11) is 1.09. The number of carboxylic acids is 1. The lowest BCUT2D eigenvalue weighted by Gasteiger charge is -2.20. The average Bonchev–Trinajstić information content (AvgIpc) is 3.16. The Hall–Kier alpha value is -2.76. The number of likely N-dealkylation sites (N-methyl/N-ethyl adjacent to an activating group) is 2. The standard InChI is InChI=1S/C16H19FN4O3S.C4H8O2/c1-20(2)6-7-21(3)25(23,24)14-8-11-10-4-5-18-15(10)16(22)19-13(11)9-12(14)17;1-2-3-4(5)6/h4-5,8-9,18H,6-7H2,1-3H3,(H,19,22);2-3H2,1H3,(H,5,6). The van der Waals surface area contributed by atoms with Gasteiger partial charge in [0, 0.05) is 43.5 Å². The molecule has 31 heavy (non-hydrogen) atoms. The molecule has 0 amide bonds. The van der Waals surface area contributed by atoms with E-state index in [0.29, 0.717) is 29.3 Å². The summed E-state index contributed by atoms with van der Waals surface area (Å²) in [6.45, 7) is 2.59. The van der Waals surface area contributed by atoms with Gasteiger partial charge >= 0.3 is 5.97 Å². The van der Waals surface area contributed by atoms with E-state index in [1.54, 1.807) is 12.3 Å². The lowest BCUT2D eigenvalue weighted by Crippen LogP contribution is -2.34. The van der Waals surface area contributed by atoms with E-state index in [2.05, 4.69) is 9.97 Å². The van der Waals surface area contributed by atoms with Crippen molar-refractivity contribution in [2.75, 3.05) is 34.2 Å². The summed E-state index contributed by atoms with van der Waals surface area (Å²) in [5.41, 5.74) is 0.193. The highest BCUT2D eigenvalue weighted by molar-refractivity contribution is 7.89. The molecule has 3 aromatic rings. The number of nitrogens with one attached hydrogen (secondary N) is 2. The highest BCUT2D eigenvalue weighted by Crippen LogP contribution is 2.27. The first kappa shape index (κ1) is 24.5. The summed E-state index contributed by atoms with van der Waals surface area (Å²) in [5, 5.41) is 8.93. The van der Waals surface area contributed by atoms with Gasteiger partial charge in [-0.15, -0.1) is 0 Å². The number of aromatic nitrogens is 2. The highest BCUT2D eigenvalue weighted by atomic mass is 32.2. The van der Waals surface area contributed by atoms with Crippen molar-refractivity contribution in [1.82, 2.24) is 19.2 Å². The SMILES string of the molecule is CCCC(=O)O.CN(C)CCN(C)S(=O)(=O)c1cc2c(cc1F)[nH]c(=O)c1[nH]ccc12. The molecule has 9 nitrogen and oxygen atoms in total. The molecule has 0 saturated heterocycles. The molecule has 0 aliphatic heterocycles. The van der Waals surface area contributed by atoms with Crippen molar-refractivity contribution in [3.05, 3.63) is 40.6 Å². The van der Waals surface area contributed by atoms with Crippen LogP contribution in [0, 0.1) is 5.82 Å². The van der Waals surface area contributed by atoms with E-state index >= 15 is 0 Å². The van der Waals surface area contributed by atoms with Crippen LogP contribution in [-0.2, 0) is 14.8 Å². The highest BCUT2D eigenvalue weighted by Gasteiger charge is 2.25. The molecule has 2 aromatic heterocycles. The molecule has 0 radical (unpaired) electrons. The van der Waals surface area contributed by atoms with Crippen LogP contribution in [0.4, 0.5) is 4.39 Å². The molecule has 0 fully saturated rings. The number of nitrogens with zero attached hydrogens (tertiary/aromatic N) is 2. The van der Waals surface area contributed by atoms with Gasteiger partial charge in [-0.3, -0.25) is 9.59 Å². The van der Waals surface area contributed by atoms with Crippen molar-refractivity contribution >= 4 is 37.8 Å². The number of aromatic amines is 2. The molecule has 170 valence electrons. The van der Waals surface area contributed by atoms with E-state index in [0.717, 1.165) is 16.8 Å². The van der Waals surface area contributed by atoms with Gasteiger partial charge < -0.3 is 20.0 Å². The summed E-state index contributed by atoms with van der Waals surface area (Å²) in [5.74, 6) is -1.60. The smallest absolute Gasteiger partial charge is 0.303 e. The zero-order chi connectivity index (χ0) is 23.3. The van der Waals surface area contributed by atoms with Crippen molar-refractivity contribution in [1.29, 1.82) is 0 Å². The van der Waals surface area contributed by atoms with Crippen molar-refractivity contribution in [3.8, 4) is 0 Å². The first-order valence-electron chi connectivity index (χ1n) is 9.64. The number of carbonyl (C=O) groups is 1. The lowest BCUT2D eigenvalue weighted by atomic mass is 10.1. The third-order valence-electron chi connectivity index (χ3n) is 4.60. The number of carboxylic acid groups (broad SMARTS) is 1. The number of pyridine rings is 1. The molecular formula is C20H27FN4O5S. The number of aliphatic carboxylic acids is 1. The monoisotopic (exact) mass is 454 g/mol. The van der Waals surface area contributed by atoms with Gasteiger partial charge in [0.15, 0.2) is 0 Å². The van der Waals surface area contributed by atoms with Gasteiger partial charge in [0.05, 0.1) is 5.52 Å². The molecule has 11 heteroatoms. The van der Waals surface area contributed by atoms with Crippen LogP contribution < -0.4 is 5.56 Å². The molecule has 0 saturated carbocycles. The second kappa shape index (κ2) is 10.0. The third-order valence-corrected chi connectivity index (χ3v) is 6.47. The van der Waals surface area contributed by atoms with Crippen molar-refractivity contribution in [2.45, 2.75) is 24.7 Å². The number of hydrogen-bond acceptors (Lipinski definition) is 5. The molecule has 0 atom stereocenters.